The quantitative estimate of drug-likeness (QED) is 0.751. The lowest BCUT2D eigenvalue weighted by atomic mass is 10.0. The van der Waals surface area contributed by atoms with Crippen molar-refractivity contribution in [1.29, 1.82) is 0 Å². The Morgan fingerprint density at radius 2 is 2.11 bits per heavy atom. The fourth-order valence-corrected chi connectivity index (χ4v) is 2.04. The molecule has 0 radical (unpaired) electrons. The van der Waals surface area contributed by atoms with Gasteiger partial charge in [0, 0.05) is 6.42 Å². The molecular weight excluding hydrogens is 244 g/mol. The summed E-state index contributed by atoms with van der Waals surface area (Å²) in [5.74, 6) is 0. The minimum atomic E-state index is -0.261. The fourth-order valence-electron chi connectivity index (χ4n) is 2.04. The molecule has 0 aliphatic carbocycles. The van der Waals surface area contributed by atoms with E-state index in [-0.39, 0.29) is 11.2 Å². The van der Waals surface area contributed by atoms with Gasteiger partial charge in [-0.15, -0.1) is 0 Å². The van der Waals surface area contributed by atoms with Crippen LogP contribution in [0, 0.1) is 13.8 Å². The number of hydrogen-bond donors (Lipinski definition) is 1. The van der Waals surface area contributed by atoms with E-state index in [9.17, 15) is 4.79 Å². The summed E-state index contributed by atoms with van der Waals surface area (Å²) in [6.45, 7) is 4.06. The number of aromatic amines is 1. The van der Waals surface area contributed by atoms with Crippen LogP contribution in [0.2, 0.25) is 0 Å². The number of aryl methyl sites for hydroxylation is 2. The van der Waals surface area contributed by atoms with Crippen molar-refractivity contribution in [2.75, 3.05) is 0 Å². The van der Waals surface area contributed by atoms with Crippen molar-refractivity contribution in [2.45, 2.75) is 20.3 Å². The molecule has 1 N–H and O–H groups in total. The van der Waals surface area contributed by atoms with Crippen LogP contribution in [0.15, 0.2) is 27.6 Å². The minimum Gasteiger partial charge on any atom is -0.299 e. The molecule has 0 amide bonds. The summed E-state index contributed by atoms with van der Waals surface area (Å²) in [7, 11) is 0. The van der Waals surface area contributed by atoms with Crippen LogP contribution in [0.4, 0.5) is 0 Å². The predicted octanol–water partition coefficient (Wildman–Crippen LogP) is 1.51. The summed E-state index contributed by atoms with van der Waals surface area (Å²) in [6, 6.07) is 6.11. The molecule has 3 aromatic rings. The maximum Gasteiger partial charge on any atom is 0.271 e. The Balaban J connectivity index is 2.04. The first-order valence-electron chi connectivity index (χ1n) is 5.91. The molecule has 0 saturated heterocycles. The number of benzene rings is 1. The van der Waals surface area contributed by atoms with Crippen molar-refractivity contribution < 1.29 is 4.63 Å². The van der Waals surface area contributed by atoms with Gasteiger partial charge in [-0.3, -0.25) is 9.78 Å². The molecule has 0 unspecified atom stereocenters. The molecule has 2 heterocycles. The molecule has 2 aromatic heterocycles. The minimum absolute atomic E-state index is 0.261. The largest absolute Gasteiger partial charge is 0.299 e. The number of aromatic nitrogens is 4. The number of H-pyrrole nitrogens is 1. The summed E-state index contributed by atoms with van der Waals surface area (Å²) in [6.07, 6.45) is 0.463. The Morgan fingerprint density at radius 3 is 2.89 bits per heavy atom. The first-order chi connectivity index (χ1) is 9.13. The van der Waals surface area contributed by atoms with E-state index in [0.717, 1.165) is 11.1 Å². The molecule has 0 bridgehead atoms. The van der Waals surface area contributed by atoms with Crippen LogP contribution in [-0.4, -0.2) is 20.3 Å². The van der Waals surface area contributed by atoms with E-state index in [1.54, 1.807) is 0 Å². The van der Waals surface area contributed by atoms with Crippen molar-refractivity contribution in [3.05, 3.63) is 50.9 Å². The van der Waals surface area contributed by atoms with Gasteiger partial charge in [0.25, 0.3) is 5.56 Å². The van der Waals surface area contributed by atoms with Gasteiger partial charge in [-0.25, -0.2) is 9.61 Å². The molecule has 6 nitrogen and oxygen atoms in total. The maximum atomic E-state index is 11.9. The number of hydrogen-bond acceptors (Lipinski definition) is 5. The molecule has 1 aromatic carbocycles. The van der Waals surface area contributed by atoms with E-state index in [1.165, 1.54) is 5.56 Å². The van der Waals surface area contributed by atoms with Crippen LogP contribution in [-0.2, 0) is 6.42 Å². The summed E-state index contributed by atoms with van der Waals surface area (Å²) in [5.41, 5.74) is 4.14. The Hall–Kier alpha value is -2.50. The molecule has 0 atom stereocenters. The SMILES string of the molecule is Cc1ccc(Cc2nc3nonc3[nH]c2=O)c(C)c1. The Morgan fingerprint density at radius 1 is 1.26 bits per heavy atom. The second-order valence-electron chi connectivity index (χ2n) is 4.56. The van der Waals surface area contributed by atoms with Crippen molar-refractivity contribution >= 4 is 11.3 Å². The van der Waals surface area contributed by atoms with E-state index in [0.29, 0.717) is 17.8 Å². The van der Waals surface area contributed by atoms with Crippen LogP contribution in [0.3, 0.4) is 0 Å². The van der Waals surface area contributed by atoms with Crippen molar-refractivity contribution in [3.63, 3.8) is 0 Å². The summed E-state index contributed by atoms with van der Waals surface area (Å²) in [4.78, 5) is 18.7. The van der Waals surface area contributed by atoms with Crippen molar-refractivity contribution in [2.24, 2.45) is 0 Å². The highest BCUT2D eigenvalue weighted by Crippen LogP contribution is 2.13. The van der Waals surface area contributed by atoms with E-state index >= 15 is 0 Å². The van der Waals surface area contributed by atoms with E-state index < -0.39 is 0 Å². The van der Waals surface area contributed by atoms with E-state index in [2.05, 4.69) is 31.0 Å². The van der Waals surface area contributed by atoms with Crippen LogP contribution >= 0.6 is 0 Å². The highest BCUT2D eigenvalue weighted by atomic mass is 16.6. The van der Waals surface area contributed by atoms with Gasteiger partial charge in [-0.1, -0.05) is 23.8 Å². The van der Waals surface area contributed by atoms with Gasteiger partial charge in [-0.2, -0.15) is 0 Å². The highest BCUT2D eigenvalue weighted by Gasteiger charge is 2.10. The average molecular weight is 256 g/mol. The van der Waals surface area contributed by atoms with Gasteiger partial charge in [-0.05, 0) is 35.3 Å². The second-order valence-corrected chi connectivity index (χ2v) is 4.56. The zero-order valence-electron chi connectivity index (χ0n) is 10.6. The van der Waals surface area contributed by atoms with Gasteiger partial charge in [0.15, 0.2) is 0 Å². The monoisotopic (exact) mass is 256 g/mol. The van der Waals surface area contributed by atoms with Crippen LogP contribution in [0.25, 0.3) is 11.3 Å². The lowest BCUT2D eigenvalue weighted by Crippen LogP contribution is -2.15. The molecular formula is C13H12N4O2. The van der Waals surface area contributed by atoms with Gasteiger partial charge in [0.05, 0.1) is 0 Å². The zero-order chi connectivity index (χ0) is 13.4. The van der Waals surface area contributed by atoms with E-state index in [4.69, 9.17) is 0 Å². The Kier molecular flexibility index (Phi) is 2.63. The molecule has 6 heteroatoms. The van der Waals surface area contributed by atoms with Gasteiger partial charge < -0.3 is 0 Å². The third-order valence-corrected chi connectivity index (χ3v) is 3.06. The molecule has 0 saturated carbocycles. The van der Waals surface area contributed by atoms with Gasteiger partial charge in [0.1, 0.15) is 5.69 Å². The Bertz CT molecular complexity index is 804. The highest BCUT2D eigenvalue weighted by molar-refractivity contribution is 5.62. The Labute approximate surface area is 108 Å². The number of fused-ring (bicyclic) bond motifs is 1. The molecule has 0 spiro atoms. The first-order valence-corrected chi connectivity index (χ1v) is 5.91. The van der Waals surface area contributed by atoms with Gasteiger partial charge >= 0.3 is 0 Å². The molecule has 96 valence electrons. The first kappa shape index (κ1) is 11.6. The average Bonchev–Trinajstić information content (AvgIpc) is 2.80. The molecule has 0 aliphatic heterocycles. The third kappa shape index (κ3) is 2.12. The smallest absolute Gasteiger partial charge is 0.271 e. The number of rotatable bonds is 2. The normalized spacial score (nSPS) is 11.1. The van der Waals surface area contributed by atoms with Crippen LogP contribution in [0.1, 0.15) is 22.4 Å². The number of nitrogens with one attached hydrogen (secondary N) is 1. The van der Waals surface area contributed by atoms with Crippen molar-refractivity contribution in [1.82, 2.24) is 20.3 Å². The summed E-state index contributed by atoms with van der Waals surface area (Å²) < 4.78 is 4.53. The third-order valence-electron chi connectivity index (χ3n) is 3.06. The van der Waals surface area contributed by atoms with E-state index in [1.807, 2.05) is 26.0 Å². The van der Waals surface area contributed by atoms with Crippen LogP contribution < -0.4 is 5.56 Å². The summed E-state index contributed by atoms with van der Waals surface area (Å²) >= 11 is 0. The fraction of sp³-hybridized carbons (Fsp3) is 0.231. The zero-order valence-corrected chi connectivity index (χ0v) is 10.6. The molecule has 3 rings (SSSR count). The lowest BCUT2D eigenvalue weighted by Gasteiger charge is -2.05. The standard InChI is InChI=1S/C13H12N4O2/c1-7-3-4-9(8(2)5-7)6-10-13(18)15-12-11(14-10)16-19-17-12/h3-5H,6H2,1-2H3,(H,15,17,18). The van der Waals surface area contributed by atoms with Crippen LogP contribution in [0.5, 0.6) is 0 Å². The summed E-state index contributed by atoms with van der Waals surface area (Å²) in [5, 5.41) is 7.18. The maximum absolute atomic E-state index is 11.9. The second kappa shape index (κ2) is 4.31. The molecule has 19 heavy (non-hydrogen) atoms. The number of nitrogens with zero attached hydrogens (tertiary/aromatic N) is 3. The van der Waals surface area contributed by atoms with Gasteiger partial charge in [0.2, 0.25) is 11.3 Å². The molecule has 0 aliphatic rings. The van der Waals surface area contributed by atoms with Crippen molar-refractivity contribution in [3.8, 4) is 0 Å². The lowest BCUT2D eigenvalue weighted by molar-refractivity contribution is 0.314. The topological polar surface area (TPSA) is 84.7 Å². The molecule has 0 fully saturated rings. The predicted molar refractivity (Wildman–Crippen MR) is 68.9 cm³/mol.